The molecule has 1 aromatic rings. The van der Waals surface area contributed by atoms with Crippen LogP contribution in [0.3, 0.4) is 0 Å². The standard InChI is InChI=1S/C17H20F6O4/c1-5-9(2)13(24)27-12-7-10(14(3,25)16(18,19)20)6-11(8-12)15(4,26)17(21,22)23/h6-9,25-26H,5H2,1-4H3. The Labute approximate surface area is 151 Å². The van der Waals surface area contributed by atoms with Gasteiger partial charge in [-0.2, -0.15) is 26.3 Å². The summed E-state index contributed by atoms with van der Waals surface area (Å²) in [5.74, 6) is -2.19. The lowest BCUT2D eigenvalue weighted by Crippen LogP contribution is -2.41. The molecule has 27 heavy (non-hydrogen) atoms. The average Bonchev–Trinajstić information content (AvgIpc) is 2.51. The van der Waals surface area contributed by atoms with Gasteiger partial charge in [0, 0.05) is 0 Å². The van der Waals surface area contributed by atoms with E-state index in [2.05, 4.69) is 0 Å². The Balaban J connectivity index is 3.60. The molecule has 3 atom stereocenters. The van der Waals surface area contributed by atoms with Crippen molar-refractivity contribution in [1.82, 2.24) is 0 Å². The molecule has 10 heteroatoms. The van der Waals surface area contributed by atoms with Crippen LogP contribution in [0.4, 0.5) is 26.3 Å². The molecule has 0 aliphatic heterocycles. The third kappa shape index (κ3) is 4.73. The van der Waals surface area contributed by atoms with Gasteiger partial charge < -0.3 is 14.9 Å². The Morgan fingerprint density at radius 2 is 1.33 bits per heavy atom. The topological polar surface area (TPSA) is 66.8 Å². The van der Waals surface area contributed by atoms with E-state index in [4.69, 9.17) is 4.74 Å². The van der Waals surface area contributed by atoms with Crippen LogP contribution < -0.4 is 4.74 Å². The maximum atomic E-state index is 13.1. The molecule has 0 bridgehead atoms. The molecule has 0 fully saturated rings. The smallest absolute Gasteiger partial charge is 0.421 e. The molecule has 0 saturated heterocycles. The van der Waals surface area contributed by atoms with E-state index >= 15 is 0 Å². The van der Waals surface area contributed by atoms with Crippen molar-refractivity contribution < 1.29 is 46.1 Å². The number of esters is 1. The highest BCUT2D eigenvalue weighted by atomic mass is 19.4. The number of rotatable bonds is 5. The van der Waals surface area contributed by atoms with Crippen LogP contribution in [0.25, 0.3) is 0 Å². The highest BCUT2D eigenvalue weighted by molar-refractivity contribution is 5.74. The van der Waals surface area contributed by atoms with Gasteiger partial charge >= 0.3 is 18.3 Å². The predicted molar refractivity (Wildman–Crippen MR) is 82.8 cm³/mol. The van der Waals surface area contributed by atoms with Crippen molar-refractivity contribution in [3.8, 4) is 5.75 Å². The Morgan fingerprint density at radius 3 is 1.63 bits per heavy atom. The number of hydrogen-bond donors (Lipinski definition) is 2. The van der Waals surface area contributed by atoms with Crippen molar-refractivity contribution in [1.29, 1.82) is 0 Å². The lowest BCUT2D eigenvalue weighted by atomic mass is 9.88. The van der Waals surface area contributed by atoms with Crippen molar-refractivity contribution >= 4 is 5.97 Å². The molecule has 0 saturated carbocycles. The zero-order chi connectivity index (χ0) is 21.4. The Hall–Kier alpha value is -1.81. The van der Waals surface area contributed by atoms with E-state index in [1.807, 2.05) is 0 Å². The summed E-state index contributed by atoms with van der Waals surface area (Å²) < 4.78 is 83.6. The van der Waals surface area contributed by atoms with Gasteiger partial charge in [-0.05, 0) is 49.6 Å². The number of halogens is 6. The molecule has 0 aliphatic carbocycles. The molecule has 0 amide bonds. The number of ether oxygens (including phenoxy) is 1. The molecule has 0 spiro atoms. The average molecular weight is 402 g/mol. The van der Waals surface area contributed by atoms with Crippen LogP contribution >= 0.6 is 0 Å². The van der Waals surface area contributed by atoms with Gasteiger partial charge in [0.1, 0.15) is 5.75 Å². The summed E-state index contributed by atoms with van der Waals surface area (Å²) in [5, 5.41) is 19.6. The SMILES string of the molecule is CCC(C)C(=O)Oc1cc(C(C)(O)C(F)(F)F)cc(C(C)(O)C(F)(F)F)c1. The van der Waals surface area contributed by atoms with E-state index in [9.17, 15) is 41.4 Å². The van der Waals surface area contributed by atoms with Gasteiger partial charge in [0.05, 0.1) is 5.92 Å². The highest BCUT2D eigenvalue weighted by Crippen LogP contribution is 2.44. The fourth-order valence-electron chi connectivity index (χ4n) is 1.93. The first-order valence-corrected chi connectivity index (χ1v) is 7.91. The number of carbonyl (C=O) groups excluding carboxylic acids is 1. The van der Waals surface area contributed by atoms with Crippen LogP contribution in [0.5, 0.6) is 5.75 Å². The largest absolute Gasteiger partial charge is 0.426 e. The molecular formula is C17H20F6O4. The van der Waals surface area contributed by atoms with E-state index < -0.39 is 52.3 Å². The summed E-state index contributed by atoms with van der Waals surface area (Å²) >= 11 is 0. The molecule has 0 radical (unpaired) electrons. The summed E-state index contributed by atoms with van der Waals surface area (Å²) in [7, 11) is 0. The van der Waals surface area contributed by atoms with Gasteiger partial charge in [0.25, 0.3) is 0 Å². The van der Waals surface area contributed by atoms with Crippen molar-refractivity contribution in [2.45, 2.75) is 57.7 Å². The normalized spacial score (nSPS) is 18.4. The van der Waals surface area contributed by atoms with Gasteiger partial charge in [0.2, 0.25) is 0 Å². The van der Waals surface area contributed by atoms with Crippen molar-refractivity contribution in [2.24, 2.45) is 5.92 Å². The molecular weight excluding hydrogens is 382 g/mol. The fourth-order valence-corrected chi connectivity index (χ4v) is 1.93. The maximum Gasteiger partial charge on any atom is 0.421 e. The van der Waals surface area contributed by atoms with Crippen molar-refractivity contribution in [3.63, 3.8) is 0 Å². The van der Waals surface area contributed by atoms with E-state index in [1.165, 1.54) is 6.92 Å². The second kappa shape index (κ2) is 7.31. The van der Waals surface area contributed by atoms with E-state index in [-0.39, 0.29) is 0 Å². The minimum Gasteiger partial charge on any atom is -0.426 e. The Morgan fingerprint density at radius 1 is 0.963 bits per heavy atom. The summed E-state index contributed by atoms with van der Waals surface area (Å²) in [6.45, 7) is 3.78. The summed E-state index contributed by atoms with van der Waals surface area (Å²) in [6, 6.07) is 1.61. The predicted octanol–water partition coefficient (Wildman–Crippen LogP) is 4.18. The van der Waals surface area contributed by atoms with Crippen molar-refractivity contribution in [2.75, 3.05) is 0 Å². The second-order valence-corrected chi connectivity index (χ2v) is 6.62. The summed E-state index contributed by atoms with van der Waals surface area (Å²) in [5.41, 5.74) is -9.10. The molecule has 1 rings (SSSR count). The van der Waals surface area contributed by atoms with Crippen LogP contribution in [0.15, 0.2) is 18.2 Å². The van der Waals surface area contributed by atoms with Gasteiger partial charge in [-0.25, -0.2) is 0 Å². The minimum atomic E-state index is -5.23. The quantitative estimate of drug-likeness (QED) is 0.441. The van der Waals surface area contributed by atoms with Gasteiger partial charge in [-0.15, -0.1) is 0 Å². The van der Waals surface area contributed by atoms with E-state index in [1.54, 1.807) is 6.92 Å². The van der Waals surface area contributed by atoms with E-state index in [0.717, 1.165) is 0 Å². The molecule has 0 aliphatic rings. The molecule has 0 heterocycles. The number of aliphatic hydroxyl groups is 2. The Bertz CT molecular complexity index is 647. The summed E-state index contributed by atoms with van der Waals surface area (Å²) in [4.78, 5) is 11.9. The molecule has 154 valence electrons. The number of carbonyl (C=O) groups is 1. The van der Waals surface area contributed by atoms with Crippen LogP contribution in [-0.2, 0) is 16.0 Å². The van der Waals surface area contributed by atoms with E-state index in [0.29, 0.717) is 38.5 Å². The molecule has 0 aromatic heterocycles. The van der Waals surface area contributed by atoms with Crippen LogP contribution in [-0.4, -0.2) is 28.5 Å². The fraction of sp³-hybridized carbons (Fsp3) is 0.588. The van der Waals surface area contributed by atoms with Crippen LogP contribution in [0.1, 0.15) is 45.2 Å². The number of alkyl halides is 6. The zero-order valence-electron chi connectivity index (χ0n) is 15.0. The van der Waals surface area contributed by atoms with Crippen LogP contribution in [0.2, 0.25) is 0 Å². The maximum absolute atomic E-state index is 13.1. The van der Waals surface area contributed by atoms with Crippen molar-refractivity contribution in [3.05, 3.63) is 29.3 Å². The molecule has 3 unspecified atom stereocenters. The number of hydrogen-bond acceptors (Lipinski definition) is 4. The first kappa shape index (κ1) is 23.2. The van der Waals surface area contributed by atoms with Gasteiger partial charge in [0.15, 0.2) is 11.2 Å². The highest BCUT2D eigenvalue weighted by Gasteiger charge is 2.54. The lowest BCUT2D eigenvalue weighted by molar-refractivity contribution is -0.261. The summed E-state index contributed by atoms with van der Waals surface area (Å²) in [6.07, 6.45) is -10.1. The van der Waals surface area contributed by atoms with Gasteiger partial charge in [-0.1, -0.05) is 13.8 Å². The van der Waals surface area contributed by atoms with Crippen LogP contribution in [0, 0.1) is 5.92 Å². The Kier molecular flexibility index (Phi) is 6.29. The molecule has 2 N–H and O–H groups in total. The molecule has 4 nitrogen and oxygen atoms in total. The lowest BCUT2D eigenvalue weighted by Gasteiger charge is -2.31. The first-order chi connectivity index (χ1) is 11.9. The first-order valence-electron chi connectivity index (χ1n) is 7.91. The third-order valence-electron chi connectivity index (χ3n) is 4.37. The zero-order valence-corrected chi connectivity index (χ0v) is 15.0. The molecule has 1 aromatic carbocycles. The van der Waals surface area contributed by atoms with Gasteiger partial charge in [-0.3, -0.25) is 4.79 Å². The third-order valence-corrected chi connectivity index (χ3v) is 4.37. The minimum absolute atomic E-state index is 0.325. The second-order valence-electron chi connectivity index (χ2n) is 6.62. The number of benzene rings is 1. The monoisotopic (exact) mass is 402 g/mol.